The van der Waals surface area contributed by atoms with Crippen LogP contribution in [0.15, 0.2) is 54.0 Å². The number of aliphatic hydroxyl groups excluding tert-OH is 1. The van der Waals surface area contributed by atoms with Gasteiger partial charge in [-0.25, -0.2) is 0 Å². The number of phenolic OH excluding ortho intramolecular Hbond substituents is 1. The van der Waals surface area contributed by atoms with Gasteiger partial charge < -0.3 is 31.0 Å². The van der Waals surface area contributed by atoms with Crippen LogP contribution in [0.25, 0.3) is 0 Å². The number of Topliss-reactive ketones (excluding diaryl/α,β-unsaturated/α-hetero) is 2. The quantitative estimate of drug-likeness (QED) is 0.132. The minimum Gasteiger partial charge on any atom is -0.504 e. The van der Waals surface area contributed by atoms with Crippen LogP contribution in [0.3, 0.4) is 0 Å². The predicted molar refractivity (Wildman–Crippen MR) is 157 cm³/mol. The van der Waals surface area contributed by atoms with Gasteiger partial charge in [-0.2, -0.15) is 0 Å². The number of phenols is 1. The van der Waals surface area contributed by atoms with E-state index in [2.05, 4.69) is 17.2 Å². The lowest BCUT2D eigenvalue weighted by Crippen LogP contribution is -2.28. The van der Waals surface area contributed by atoms with Crippen molar-refractivity contribution in [1.82, 2.24) is 10.3 Å². The number of aliphatic hydroxyl groups is 1. The summed E-state index contributed by atoms with van der Waals surface area (Å²) in [4.78, 5) is 28.1. The maximum absolute atomic E-state index is 12.6. The molecule has 0 radical (unpaired) electrons. The molecule has 218 valence electrons. The van der Waals surface area contributed by atoms with Gasteiger partial charge in [0.25, 0.3) is 0 Å². The Balaban J connectivity index is 1.81. The van der Waals surface area contributed by atoms with Gasteiger partial charge in [0, 0.05) is 49.4 Å². The fourth-order valence-corrected chi connectivity index (χ4v) is 5.40. The number of benzene rings is 1. The van der Waals surface area contributed by atoms with E-state index in [4.69, 9.17) is 10.5 Å². The molecule has 0 bridgehead atoms. The van der Waals surface area contributed by atoms with Gasteiger partial charge in [0.1, 0.15) is 11.6 Å². The number of aryl methyl sites for hydroxylation is 1. The molecule has 0 aliphatic carbocycles. The van der Waals surface area contributed by atoms with E-state index in [1.807, 2.05) is 36.5 Å². The highest BCUT2D eigenvalue weighted by Crippen LogP contribution is 2.44. The number of dihydropyridines is 1. The van der Waals surface area contributed by atoms with E-state index in [9.17, 15) is 19.8 Å². The Kier molecular flexibility index (Phi) is 12.3. The Bertz CT molecular complexity index is 1170. The highest BCUT2D eigenvalue weighted by atomic mass is 16.5. The lowest BCUT2D eigenvalue weighted by molar-refractivity contribution is -0.127. The van der Waals surface area contributed by atoms with Crippen LogP contribution in [0.1, 0.15) is 81.0 Å². The van der Waals surface area contributed by atoms with E-state index in [-0.39, 0.29) is 48.6 Å². The molecule has 6 N–H and O–H groups in total. The van der Waals surface area contributed by atoms with Crippen molar-refractivity contribution in [3.63, 3.8) is 0 Å². The van der Waals surface area contributed by atoms with Crippen LogP contribution < -0.4 is 15.8 Å². The largest absolute Gasteiger partial charge is 0.504 e. The second-order valence-electron chi connectivity index (χ2n) is 10.7. The van der Waals surface area contributed by atoms with Gasteiger partial charge in [0.15, 0.2) is 11.5 Å². The number of unbranched alkanes of at least 4 members (excludes halogenated alkanes) is 4. The maximum atomic E-state index is 12.6. The Morgan fingerprint density at radius 3 is 2.58 bits per heavy atom. The molecule has 0 saturated carbocycles. The summed E-state index contributed by atoms with van der Waals surface area (Å²) in [6.07, 6.45) is 12.6. The number of methoxy groups -OCH3 is 1. The third-order valence-electron chi connectivity index (χ3n) is 7.54. The Hall–Kier alpha value is -3.52. The minimum atomic E-state index is -0.382. The topological polar surface area (TPSA) is 138 Å². The molecule has 0 saturated heterocycles. The number of ether oxygens (including phenoxy) is 1. The van der Waals surface area contributed by atoms with Crippen LogP contribution in [0, 0.1) is 5.92 Å². The second-order valence-corrected chi connectivity index (χ2v) is 10.7. The molecular weight excluding hydrogens is 506 g/mol. The number of carbonyl (C=O) groups excluding carboxylic acids is 2. The summed E-state index contributed by atoms with van der Waals surface area (Å²) in [6, 6.07) is 7.50. The maximum Gasteiger partial charge on any atom is 0.161 e. The Labute approximate surface area is 237 Å². The van der Waals surface area contributed by atoms with Crippen LogP contribution in [0.5, 0.6) is 11.5 Å². The first-order valence-electron chi connectivity index (χ1n) is 14.4. The van der Waals surface area contributed by atoms with Crippen LogP contribution in [-0.2, 0) is 22.4 Å². The molecule has 2 atom stereocenters. The molecule has 40 heavy (non-hydrogen) atoms. The van der Waals surface area contributed by atoms with E-state index >= 15 is 0 Å². The average molecular weight is 552 g/mol. The van der Waals surface area contributed by atoms with E-state index in [1.54, 1.807) is 6.07 Å². The highest BCUT2D eigenvalue weighted by Gasteiger charge is 2.31. The fourth-order valence-electron chi connectivity index (χ4n) is 5.40. The van der Waals surface area contributed by atoms with Crippen LogP contribution in [-0.4, -0.2) is 47.0 Å². The first kappa shape index (κ1) is 31.0. The molecule has 1 aromatic heterocycles. The van der Waals surface area contributed by atoms with Crippen LogP contribution in [0.2, 0.25) is 0 Å². The number of nitrogens with two attached hydrogens (primary N) is 1. The molecule has 8 nitrogen and oxygen atoms in total. The smallest absolute Gasteiger partial charge is 0.161 e. The van der Waals surface area contributed by atoms with E-state index in [1.165, 1.54) is 13.5 Å². The molecule has 0 amide bonds. The van der Waals surface area contributed by atoms with Crippen molar-refractivity contribution < 1.29 is 24.5 Å². The molecule has 0 spiro atoms. The van der Waals surface area contributed by atoms with Crippen molar-refractivity contribution >= 4 is 11.6 Å². The third kappa shape index (κ3) is 9.01. The van der Waals surface area contributed by atoms with Crippen molar-refractivity contribution in [3.8, 4) is 11.5 Å². The number of aromatic amines is 1. The summed E-state index contributed by atoms with van der Waals surface area (Å²) in [6.45, 7) is 2.57. The van der Waals surface area contributed by atoms with Crippen molar-refractivity contribution in [2.75, 3.05) is 20.3 Å². The number of allylic oxidation sites excluding steroid dienone is 2. The van der Waals surface area contributed by atoms with Gasteiger partial charge >= 0.3 is 0 Å². The van der Waals surface area contributed by atoms with Crippen molar-refractivity contribution in [3.05, 3.63) is 70.8 Å². The number of carbonyl (C=O) groups is 2. The number of nitrogens with one attached hydrogen (secondary N) is 2. The number of H-pyrrole nitrogens is 1. The molecule has 0 unspecified atom stereocenters. The monoisotopic (exact) mass is 551 g/mol. The fraction of sp³-hybridized carbons (Fsp3) is 0.500. The molecule has 2 heterocycles. The lowest BCUT2D eigenvalue weighted by Gasteiger charge is -2.30. The molecular formula is C32H45N3O5. The van der Waals surface area contributed by atoms with E-state index < -0.39 is 0 Å². The molecule has 8 heteroatoms. The number of rotatable bonds is 18. The van der Waals surface area contributed by atoms with Gasteiger partial charge in [-0.15, -0.1) is 0 Å². The third-order valence-corrected chi connectivity index (χ3v) is 7.54. The summed E-state index contributed by atoms with van der Waals surface area (Å²) in [5.74, 6) is 0.0845. The van der Waals surface area contributed by atoms with Crippen molar-refractivity contribution in [2.24, 2.45) is 11.7 Å². The Morgan fingerprint density at radius 1 is 1.12 bits per heavy atom. The van der Waals surface area contributed by atoms with Crippen LogP contribution >= 0.6 is 0 Å². The summed E-state index contributed by atoms with van der Waals surface area (Å²) >= 11 is 0. The summed E-state index contributed by atoms with van der Waals surface area (Å²) < 4.78 is 5.52. The normalized spacial score (nSPS) is 14.6. The average Bonchev–Trinajstić information content (AvgIpc) is 3.46. The number of aromatic hydroxyl groups is 1. The SMILES string of the molecule is CCCCCCCC(=O)CC(=O)CCc1cc(OC)c(O)c([C@@H](C2=CCNC(N)=C2)[C@H](CO)Cc2ccc[nH]2)c1. The summed E-state index contributed by atoms with van der Waals surface area (Å²) in [5, 5.41) is 24.8. The number of hydrogen-bond acceptors (Lipinski definition) is 7. The second kappa shape index (κ2) is 15.9. The standard InChI is InChI=1S/C32H45N3O5/c1-3-4-5-6-7-10-26(37)20-27(38)12-11-22-16-28(32(39)29(17-22)40-2)31(23-13-15-35-30(33)19-23)24(21-36)18-25-9-8-14-34-25/h8-9,13-14,16-17,19,24,31,34-36,39H,3-7,10-12,15,18,20-21,33H2,1-2H3/t24-,31-/m0/s1. The van der Waals surface area contributed by atoms with E-state index in [0.717, 1.165) is 42.5 Å². The number of ketones is 2. The molecule has 1 aliphatic rings. The van der Waals surface area contributed by atoms with Gasteiger partial charge in [-0.3, -0.25) is 9.59 Å². The molecule has 0 fully saturated rings. The zero-order valence-corrected chi connectivity index (χ0v) is 23.9. The molecule has 3 rings (SSSR count). The molecule has 2 aromatic rings. The van der Waals surface area contributed by atoms with Gasteiger partial charge in [-0.05, 0) is 60.6 Å². The highest BCUT2D eigenvalue weighted by molar-refractivity contribution is 5.99. The Morgan fingerprint density at radius 2 is 1.90 bits per heavy atom. The number of aromatic nitrogens is 1. The van der Waals surface area contributed by atoms with Crippen LogP contribution in [0.4, 0.5) is 0 Å². The zero-order chi connectivity index (χ0) is 28.9. The van der Waals surface area contributed by atoms with Crippen molar-refractivity contribution in [1.29, 1.82) is 0 Å². The molecule has 1 aliphatic heterocycles. The van der Waals surface area contributed by atoms with Gasteiger partial charge in [0.05, 0.1) is 19.4 Å². The minimum absolute atomic E-state index is 0.00262. The summed E-state index contributed by atoms with van der Waals surface area (Å²) in [5.41, 5.74) is 9.38. The van der Waals surface area contributed by atoms with Gasteiger partial charge in [-0.1, -0.05) is 44.7 Å². The first-order valence-corrected chi connectivity index (χ1v) is 14.4. The predicted octanol–water partition coefficient (Wildman–Crippen LogP) is 4.81. The molecule has 1 aromatic carbocycles. The zero-order valence-electron chi connectivity index (χ0n) is 23.9. The lowest BCUT2D eigenvalue weighted by atomic mass is 9.76. The van der Waals surface area contributed by atoms with E-state index in [0.29, 0.717) is 42.9 Å². The summed E-state index contributed by atoms with van der Waals surface area (Å²) in [7, 11) is 1.49. The first-order chi connectivity index (χ1) is 19.4. The van der Waals surface area contributed by atoms with Crippen molar-refractivity contribution in [2.45, 2.75) is 77.0 Å². The van der Waals surface area contributed by atoms with Gasteiger partial charge in [0.2, 0.25) is 0 Å². The number of hydrogen-bond donors (Lipinski definition) is 5.